The molecule has 6 heteroatoms. The maximum absolute atomic E-state index is 11.2. The summed E-state index contributed by atoms with van der Waals surface area (Å²) >= 11 is 5.99. The lowest BCUT2D eigenvalue weighted by Crippen LogP contribution is -2.02. The molecule has 0 aliphatic heterocycles. The standard InChI is InChI=1S/C15H10ClN3O2/c16-10-4-3-5-11(8-10)19-14(9-13(18-19)15(20)21)12-6-1-2-7-17-12/h1-9H,(H,20,21). The van der Waals surface area contributed by atoms with Crippen molar-refractivity contribution in [1.29, 1.82) is 0 Å². The van der Waals surface area contributed by atoms with Crippen LogP contribution in [0.4, 0.5) is 0 Å². The largest absolute Gasteiger partial charge is 0.476 e. The normalized spacial score (nSPS) is 10.5. The molecule has 104 valence electrons. The highest BCUT2D eigenvalue weighted by Gasteiger charge is 2.16. The molecule has 2 heterocycles. The van der Waals surface area contributed by atoms with Gasteiger partial charge in [0.15, 0.2) is 5.69 Å². The summed E-state index contributed by atoms with van der Waals surface area (Å²) in [6, 6.07) is 14.0. The van der Waals surface area contributed by atoms with E-state index in [9.17, 15) is 4.79 Å². The van der Waals surface area contributed by atoms with Gasteiger partial charge in [0.05, 0.1) is 17.1 Å². The molecule has 3 rings (SSSR count). The van der Waals surface area contributed by atoms with Crippen molar-refractivity contribution in [1.82, 2.24) is 14.8 Å². The average molecular weight is 300 g/mol. The number of hydrogen-bond acceptors (Lipinski definition) is 3. The first-order chi connectivity index (χ1) is 10.1. The van der Waals surface area contributed by atoms with E-state index < -0.39 is 5.97 Å². The summed E-state index contributed by atoms with van der Waals surface area (Å²) in [5, 5.41) is 13.8. The Kier molecular flexibility index (Phi) is 3.41. The highest BCUT2D eigenvalue weighted by molar-refractivity contribution is 6.30. The number of carboxylic acids is 1. The van der Waals surface area contributed by atoms with Gasteiger partial charge in [-0.2, -0.15) is 5.10 Å². The Morgan fingerprint density at radius 2 is 2.00 bits per heavy atom. The summed E-state index contributed by atoms with van der Waals surface area (Å²) in [5.74, 6) is -1.09. The minimum atomic E-state index is -1.09. The topological polar surface area (TPSA) is 68.0 Å². The first kappa shape index (κ1) is 13.3. The van der Waals surface area contributed by atoms with Crippen molar-refractivity contribution < 1.29 is 9.90 Å². The third-order valence-electron chi connectivity index (χ3n) is 2.91. The van der Waals surface area contributed by atoms with E-state index >= 15 is 0 Å². The molecular formula is C15H10ClN3O2. The lowest BCUT2D eigenvalue weighted by Gasteiger charge is -2.07. The van der Waals surface area contributed by atoms with E-state index in [1.54, 1.807) is 42.6 Å². The van der Waals surface area contributed by atoms with Crippen LogP contribution in [-0.2, 0) is 0 Å². The van der Waals surface area contributed by atoms with Gasteiger partial charge in [-0.25, -0.2) is 9.48 Å². The zero-order valence-corrected chi connectivity index (χ0v) is 11.5. The number of benzene rings is 1. The molecule has 1 N–H and O–H groups in total. The van der Waals surface area contributed by atoms with Gasteiger partial charge in [0.1, 0.15) is 0 Å². The van der Waals surface area contributed by atoms with Crippen LogP contribution >= 0.6 is 11.6 Å². The van der Waals surface area contributed by atoms with E-state index in [4.69, 9.17) is 16.7 Å². The second kappa shape index (κ2) is 5.38. The number of carbonyl (C=O) groups is 1. The van der Waals surface area contributed by atoms with E-state index in [2.05, 4.69) is 10.1 Å². The lowest BCUT2D eigenvalue weighted by atomic mass is 10.2. The summed E-state index contributed by atoms with van der Waals surface area (Å²) in [6.07, 6.45) is 1.64. The number of pyridine rings is 1. The molecule has 2 aromatic heterocycles. The minimum absolute atomic E-state index is 0.0457. The number of halogens is 1. The molecule has 0 bridgehead atoms. The van der Waals surface area contributed by atoms with Crippen molar-refractivity contribution in [3.63, 3.8) is 0 Å². The van der Waals surface area contributed by atoms with Crippen molar-refractivity contribution in [2.24, 2.45) is 0 Å². The molecule has 21 heavy (non-hydrogen) atoms. The molecule has 0 aliphatic rings. The number of aromatic nitrogens is 3. The predicted octanol–water partition coefficient (Wildman–Crippen LogP) is 3.29. The summed E-state index contributed by atoms with van der Waals surface area (Å²) in [6.45, 7) is 0. The second-order valence-corrected chi connectivity index (χ2v) is 4.76. The Labute approximate surface area is 125 Å². The van der Waals surface area contributed by atoms with Gasteiger partial charge < -0.3 is 5.11 Å². The second-order valence-electron chi connectivity index (χ2n) is 4.33. The number of rotatable bonds is 3. The monoisotopic (exact) mass is 299 g/mol. The van der Waals surface area contributed by atoms with Crippen LogP contribution in [0.3, 0.4) is 0 Å². The molecule has 0 radical (unpaired) electrons. The van der Waals surface area contributed by atoms with Crippen LogP contribution in [0.2, 0.25) is 5.02 Å². The molecule has 3 aromatic rings. The first-order valence-electron chi connectivity index (χ1n) is 6.16. The van der Waals surface area contributed by atoms with E-state index in [1.807, 2.05) is 6.07 Å². The summed E-state index contributed by atoms with van der Waals surface area (Å²) < 4.78 is 1.53. The van der Waals surface area contributed by atoms with Crippen LogP contribution in [0.1, 0.15) is 10.5 Å². The van der Waals surface area contributed by atoms with Gasteiger partial charge in [0, 0.05) is 17.3 Å². The quantitative estimate of drug-likeness (QED) is 0.806. The molecule has 0 unspecified atom stereocenters. The van der Waals surface area contributed by atoms with Crippen LogP contribution in [0.5, 0.6) is 0 Å². The molecule has 0 amide bonds. The SMILES string of the molecule is O=C(O)c1cc(-c2ccccn2)n(-c2cccc(Cl)c2)n1. The van der Waals surface area contributed by atoms with Crippen molar-refractivity contribution in [2.75, 3.05) is 0 Å². The number of hydrogen-bond donors (Lipinski definition) is 1. The van der Waals surface area contributed by atoms with Crippen LogP contribution < -0.4 is 0 Å². The minimum Gasteiger partial charge on any atom is -0.476 e. The predicted molar refractivity (Wildman–Crippen MR) is 78.8 cm³/mol. The molecular weight excluding hydrogens is 290 g/mol. The molecule has 0 saturated heterocycles. The van der Waals surface area contributed by atoms with Gasteiger partial charge in [0.25, 0.3) is 0 Å². The molecule has 0 fully saturated rings. The maximum atomic E-state index is 11.2. The summed E-state index contributed by atoms with van der Waals surface area (Å²) in [5.41, 5.74) is 1.86. The third-order valence-corrected chi connectivity index (χ3v) is 3.14. The first-order valence-corrected chi connectivity index (χ1v) is 6.53. The van der Waals surface area contributed by atoms with Crippen molar-refractivity contribution in [3.05, 3.63) is 65.4 Å². The van der Waals surface area contributed by atoms with Gasteiger partial charge in [-0.05, 0) is 30.3 Å². The van der Waals surface area contributed by atoms with Crippen molar-refractivity contribution in [2.45, 2.75) is 0 Å². The Balaban J connectivity index is 2.21. The molecule has 0 atom stereocenters. The Morgan fingerprint density at radius 3 is 2.67 bits per heavy atom. The van der Waals surface area contributed by atoms with E-state index in [0.717, 1.165) is 0 Å². The molecule has 1 aromatic carbocycles. The van der Waals surface area contributed by atoms with Crippen molar-refractivity contribution >= 4 is 17.6 Å². The van der Waals surface area contributed by atoms with Crippen LogP contribution in [0.15, 0.2) is 54.7 Å². The Bertz CT molecular complexity index is 800. The van der Waals surface area contributed by atoms with Gasteiger partial charge in [-0.1, -0.05) is 23.7 Å². The van der Waals surface area contributed by atoms with Gasteiger partial charge in [-0.15, -0.1) is 0 Å². The van der Waals surface area contributed by atoms with Crippen LogP contribution in [-0.4, -0.2) is 25.8 Å². The van der Waals surface area contributed by atoms with Crippen LogP contribution in [0, 0.1) is 0 Å². The fourth-order valence-electron chi connectivity index (χ4n) is 1.99. The summed E-state index contributed by atoms with van der Waals surface area (Å²) in [7, 11) is 0. The zero-order chi connectivity index (χ0) is 14.8. The molecule has 0 spiro atoms. The number of nitrogens with zero attached hydrogens (tertiary/aromatic N) is 3. The lowest BCUT2D eigenvalue weighted by molar-refractivity contribution is 0.0690. The number of aromatic carboxylic acids is 1. The van der Waals surface area contributed by atoms with E-state index in [1.165, 1.54) is 10.7 Å². The highest BCUT2D eigenvalue weighted by atomic mass is 35.5. The van der Waals surface area contributed by atoms with Gasteiger partial charge in [-0.3, -0.25) is 4.98 Å². The van der Waals surface area contributed by atoms with Gasteiger partial charge >= 0.3 is 5.97 Å². The maximum Gasteiger partial charge on any atom is 0.356 e. The highest BCUT2D eigenvalue weighted by Crippen LogP contribution is 2.23. The molecule has 5 nitrogen and oxygen atoms in total. The molecule has 0 aliphatic carbocycles. The number of carboxylic acid groups (broad SMARTS) is 1. The smallest absolute Gasteiger partial charge is 0.356 e. The third kappa shape index (κ3) is 2.64. The Hall–Kier alpha value is -2.66. The van der Waals surface area contributed by atoms with E-state index in [0.29, 0.717) is 22.1 Å². The average Bonchev–Trinajstić information content (AvgIpc) is 2.93. The van der Waals surface area contributed by atoms with Crippen LogP contribution in [0.25, 0.3) is 17.1 Å². The van der Waals surface area contributed by atoms with E-state index in [-0.39, 0.29) is 5.69 Å². The van der Waals surface area contributed by atoms with Crippen molar-refractivity contribution in [3.8, 4) is 17.1 Å². The zero-order valence-electron chi connectivity index (χ0n) is 10.8. The summed E-state index contributed by atoms with van der Waals surface area (Å²) in [4.78, 5) is 15.4. The Morgan fingerprint density at radius 1 is 1.14 bits per heavy atom. The van der Waals surface area contributed by atoms with Gasteiger partial charge in [0.2, 0.25) is 0 Å². The fraction of sp³-hybridized carbons (Fsp3) is 0. The fourth-order valence-corrected chi connectivity index (χ4v) is 2.17. The molecule has 0 saturated carbocycles.